The van der Waals surface area contributed by atoms with Crippen molar-refractivity contribution in [3.05, 3.63) is 83.2 Å². The number of hydrogen-bond acceptors (Lipinski definition) is 6. The molecule has 1 aliphatic heterocycles. The largest absolute Gasteiger partial charge is 0.491 e. The van der Waals surface area contributed by atoms with Gasteiger partial charge in [-0.1, -0.05) is 17.3 Å². The first-order chi connectivity index (χ1) is 16.2. The molecule has 1 aliphatic rings. The van der Waals surface area contributed by atoms with Crippen LogP contribution in [0.1, 0.15) is 41.6 Å². The van der Waals surface area contributed by atoms with Crippen molar-refractivity contribution in [1.29, 1.82) is 0 Å². The molecule has 34 heavy (non-hydrogen) atoms. The van der Waals surface area contributed by atoms with Crippen LogP contribution in [0, 0.1) is 0 Å². The lowest BCUT2D eigenvalue weighted by molar-refractivity contribution is -0.138. The standard InChI is InChI=1S/C24H21F3N2O5/c1-14-21(28-23(34-14)16-2-6-17(7-3-16)24(25,26)27)13-32-18-8-4-15(5-9-18)19(12-22(30)31)20-10-11-33-29-20/h2-11,14,19,21H,12-13H2,1H3,(H,30,31)/t14?,19-,21?/m0/s1. The van der Waals surface area contributed by atoms with Gasteiger partial charge in [-0.15, -0.1) is 0 Å². The molecule has 4 rings (SSSR count). The third-order valence-corrected chi connectivity index (χ3v) is 5.48. The van der Waals surface area contributed by atoms with E-state index in [1.807, 2.05) is 6.92 Å². The van der Waals surface area contributed by atoms with Crippen LogP contribution in [-0.2, 0) is 15.7 Å². The maximum absolute atomic E-state index is 12.8. The fraction of sp³-hybridized carbons (Fsp3) is 0.292. The summed E-state index contributed by atoms with van der Waals surface area (Å²) >= 11 is 0. The molecule has 2 aromatic carbocycles. The molecule has 1 aromatic heterocycles. The number of aliphatic imine (C=N–C) groups is 1. The molecule has 3 aromatic rings. The van der Waals surface area contributed by atoms with Crippen molar-refractivity contribution in [2.45, 2.75) is 37.6 Å². The number of nitrogens with zero attached hydrogens (tertiary/aromatic N) is 2. The highest BCUT2D eigenvalue weighted by molar-refractivity contribution is 5.95. The van der Waals surface area contributed by atoms with Crippen LogP contribution in [0.2, 0.25) is 0 Å². The average Bonchev–Trinajstić information content (AvgIpc) is 3.46. The highest BCUT2D eigenvalue weighted by Gasteiger charge is 2.32. The molecular weight excluding hydrogens is 453 g/mol. The molecule has 0 amide bonds. The third kappa shape index (κ3) is 5.38. The van der Waals surface area contributed by atoms with E-state index in [-0.39, 0.29) is 31.1 Å². The Balaban J connectivity index is 1.40. The van der Waals surface area contributed by atoms with E-state index in [1.54, 1.807) is 30.3 Å². The zero-order chi connectivity index (χ0) is 24.3. The van der Waals surface area contributed by atoms with Gasteiger partial charge in [0, 0.05) is 17.5 Å². The van der Waals surface area contributed by atoms with Gasteiger partial charge in [0.25, 0.3) is 0 Å². The van der Waals surface area contributed by atoms with Crippen LogP contribution >= 0.6 is 0 Å². The molecule has 0 aliphatic carbocycles. The van der Waals surface area contributed by atoms with Gasteiger partial charge in [0.2, 0.25) is 5.90 Å². The van der Waals surface area contributed by atoms with Crippen LogP contribution in [0.15, 0.2) is 70.4 Å². The number of aromatic nitrogens is 1. The van der Waals surface area contributed by atoms with Gasteiger partial charge in [-0.2, -0.15) is 13.2 Å². The van der Waals surface area contributed by atoms with E-state index in [4.69, 9.17) is 14.0 Å². The summed E-state index contributed by atoms with van der Waals surface area (Å²) in [6.45, 7) is 2.01. The zero-order valence-electron chi connectivity index (χ0n) is 18.0. The van der Waals surface area contributed by atoms with Crippen molar-refractivity contribution in [2.24, 2.45) is 4.99 Å². The molecule has 0 bridgehead atoms. The van der Waals surface area contributed by atoms with Gasteiger partial charge in [0.05, 0.1) is 17.7 Å². The number of ether oxygens (including phenoxy) is 2. The number of hydrogen-bond donors (Lipinski definition) is 1. The van der Waals surface area contributed by atoms with Crippen molar-refractivity contribution < 1.29 is 37.1 Å². The first-order valence-corrected chi connectivity index (χ1v) is 10.5. The molecule has 7 nitrogen and oxygen atoms in total. The van der Waals surface area contributed by atoms with E-state index in [1.165, 1.54) is 18.4 Å². The monoisotopic (exact) mass is 474 g/mol. The van der Waals surface area contributed by atoms with Crippen molar-refractivity contribution in [1.82, 2.24) is 5.16 Å². The quantitative estimate of drug-likeness (QED) is 0.499. The molecule has 0 fully saturated rings. The first-order valence-electron chi connectivity index (χ1n) is 10.5. The number of benzene rings is 2. The van der Waals surface area contributed by atoms with Gasteiger partial charge >= 0.3 is 12.1 Å². The Labute approximate surface area is 192 Å². The van der Waals surface area contributed by atoms with Gasteiger partial charge in [-0.3, -0.25) is 4.79 Å². The summed E-state index contributed by atoms with van der Waals surface area (Å²) in [5, 5.41) is 13.1. The lowest BCUT2D eigenvalue weighted by Crippen LogP contribution is -2.25. The van der Waals surface area contributed by atoms with Crippen LogP contribution in [0.4, 0.5) is 13.2 Å². The predicted molar refractivity (Wildman–Crippen MR) is 115 cm³/mol. The highest BCUT2D eigenvalue weighted by Crippen LogP contribution is 2.31. The summed E-state index contributed by atoms with van der Waals surface area (Å²) in [5.74, 6) is -0.577. The Morgan fingerprint density at radius 2 is 1.82 bits per heavy atom. The number of carbonyl (C=O) groups is 1. The minimum Gasteiger partial charge on any atom is -0.491 e. The van der Waals surface area contributed by atoms with Gasteiger partial charge in [-0.25, -0.2) is 4.99 Å². The van der Waals surface area contributed by atoms with Crippen LogP contribution < -0.4 is 4.74 Å². The first kappa shape index (κ1) is 23.3. The lowest BCUT2D eigenvalue weighted by Gasteiger charge is -2.15. The second-order valence-corrected chi connectivity index (χ2v) is 7.85. The van der Waals surface area contributed by atoms with E-state index in [9.17, 15) is 23.1 Å². The Bertz CT molecular complexity index is 1140. The second kappa shape index (κ2) is 9.58. The smallest absolute Gasteiger partial charge is 0.416 e. The molecule has 3 atom stereocenters. The van der Waals surface area contributed by atoms with Gasteiger partial charge < -0.3 is 19.1 Å². The summed E-state index contributed by atoms with van der Waals surface area (Å²) in [4.78, 5) is 15.7. The minimum absolute atomic E-state index is 0.134. The summed E-state index contributed by atoms with van der Waals surface area (Å²) in [6, 6.07) is 12.9. The van der Waals surface area contributed by atoms with E-state index in [0.29, 0.717) is 17.0 Å². The predicted octanol–water partition coefficient (Wildman–Crippen LogP) is 4.91. The zero-order valence-corrected chi connectivity index (χ0v) is 18.0. The number of alkyl halides is 3. The molecule has 0 saturated heterocycles. The Hall–Kier alpha value is -3.82. The topological polar surface area (TPSA) is 94.2 Å². The van der Waals surface area contributed by atoms with Crippen LogP contribution in [0.25, 0.3) is 0 Å². The normalized spacial score (nSPS) is 18.8. The summed E-state index contributed by atoms with van der Waals surface area (Å²) in [5.41, 5.74) is 1.01. The van der Waals surface area contributed by atoms with Gasteiger partial charge in [-0.05, 0) is 48.9 Å². The average molecular weight is 474 g/mol. The molecule has 2 unspecified atom stereocenters. The minimum atomic E-state index is -4.40. The fourth-order valence-electron chi connectivity index (χ4n) is 3.61. The van der Waals surface area contributed by atoms with Crippen molar-refractivity contribution in [2.75, 3.05) is 6.61 Å². The van der Waals surface area contributed by atoms with Crippen LogP contribution in [0.5, 0.6) is 5.75 Å². The number of rotatable bonds is 8. The van der Waals surface area contributed by atoms with Crippen molar-refractivity contribution >= 4 is 11.9 Å². The number of carboxylic acids is 1. The summed E-state index contributed by atoms with van der Waals surface area (Å²) < 4.78 is 54.7. The molecule has 178 valence electrons. The van der Waals surface area contributed by atoms with Gasteiger partial charge in [0.1, 0.15) is 30.8 Å². The van der Waals surface area contributed by atoms with Crippen molar-refractivity contribution in [3.8, 4) is 5.75 Å². The second-order valence-electron chi connectivity index (χ2n) is 7.85. The fourth-order valence-corrected chi connectivity index (χ4v) is 3.61. The molecule has 0 saturated carbocycles. The maximum Gasteiger partial charge on any atom is 0.416 e. The van der Waals surface area contributed by atoms with Gasteiger partial charge in [0.15, 0.2) is 0 Å². The van der Waals surface area contributed by atoms with Crippen LogP contribution in [0.3, 0.4) is 0 Å². The van der Waals surface area contributed by atoms with Crippen molar-refractivity contribution in [3.63, 3.8) is 0 Å². The highest BCUT2D eigenvalue weighted by atomic mass is 19.4. The maximum atomic E-state index is 12.8. The van der Waals surface area contributed by atoms with E-state index in [0.717, 1.165) is 17.7 Å². The van der Waals surface area contributed by atoms with E-state index < -0.39 is 23.6 Å². The summed E-state index contributed by atoms with van der Waals surface area (Å²) in [6.07, 6.45) is -3.46. The summed E-state index contributed by atoms with van der Waals surface area (Å²) in [7, 11) is 0. The Morgan fingerprint density at radius 3 is 2.41 bits per heavy atom. The molecular formula is C24H21F3N2O5. The molecule has 0 spiro atoms. The third-order valence-electron chi connectivity index (χ3n) is 5.48. The van der Waals surface area contributed by atoms with Crippen LogP contribution in [-0.4, -0.2) is 40.9 Å². The molecule has 2 heterocycles. The molecule has 0 radical (unpaired) electrons. The molecule has 10 heteroatoms. The van der Waals surface area contributed by atoms with E-state index in [2.05, 4.69) is 10.1 Å². The molecule has 1 N–H and O–H groups in total. The Kier molecular flexibility index (Phi) is 6.58. The lowest BCUT2D eigenvalue weighted by atomic mass is 9.92. The van der Waals surface area contributed by atoms with E-state index >= 15 is 0 Å². The number of halogens is 3. The number of carboxylic acid groups (broad SMARTS) is 1. The number of aliphatic carboxylic acids is 1. The SMILES string of the molecule is CC1OC(c2ccc(C(F)(F)F)cc2)=NC1COc1ccc([C@H](CC(=O)O)c2ccon2)cc1. The Morgan fingerprint density at radius 1 is 1.12 bits per heavy atom.